The van der Waals surface area contributed by atoms with Gasteiger partial charge < -0.3 is 11.1 Å². The largest absolute Gasteiger partial charge is 0.396 e. The van der Waals surface area contributed by atoms with Crippen molar-refractivity contribution in [2.24, 2.45) is 0 Å². The average Bonchev–Trinajstić information content (AvgIpc) is 2.44. The highest BCUT2D eigenvalue weighted by Crippen LogP contribution is 2.23. The van der Waals surface area contributed by atoms with Gasteiger partial charge in [-0.25, -0.2) is 14.4 Å². The molecule has 110 valence electrons. The number of carbonyl (C=O) groups excluding carboxylic acids is 1. The molecular weight excluding hydrogens is 295 g/mol. The zero-order valence-corrected chi connectivity index (χ0v) is 12.3. The van der Waals surface area contributed by atoms with Gasteiger partial charge in [0.05, 0.1) is 22.6 Å². The Morgan fingerprint density at radius 3 is 2.81 bits per heavy atom. The summed E-state index contributed by atoms with van der Waals surface area (Å²) < 4.78 is 13.8. The van der Waals surface area contributed by atoms with E-state index in [1.807, 2.05) is 13.8 Å². The summed E-state index contributed by atoms with van der Waals surface area (Å²) in [6, 6.07) is 4.33. The molecule has 2 aromatic rings. The van der Waals surface area contributed by atoms with Crippen molar-refractivity contribution in [3.8, 4) is 0 Å². The fraction of sp³-hybridized carbons (Fsp3) is 0.214. The molecule has 7 heteroatoms. The van der Waals surface area contributed by atoms with Crippen LogP contribution in [-0.4, -0.2) is 15.9 Å². The Balaban J connectivity index is 2.32. The number of hydrogen-bond donors (Lipinski definition) is 2. The Kier molecular flexibility index (Phi) is 4.37. The minimum atomic E-state index is -0.704. The van der Waals surface area contributed by atoms with Crippen molar-refractivity contribution in [1.29, 1.82) is 0 Å². The van der Waals surface area contributed by atoms with Gasteiger partial charge in [-0.3, -0.25) is 4.79 Å². The van der Waals surface area contributed by atoms with Crippen LogP contribution >= 0.6 is 11.6 Å². The molecule has 0 fully saturated rings. The van der Waals surface area contributed by atoms with E-state index in [9.17, 15) is 9.18 Å². The summed E-state index contributed by atoms with van der Waals surface area (Å²) in [5.74, 6) is -0.789. The predicted octanol–water partition coefficient (Wildman–Crippen LogP) is 3.23. The molecule has 0 bridgehead atoms. The normalized spacial score (nSPS) is 10.7. The molecule has 0 saturated heterocycles. The smallest absolute Gasteiger partial charge is 0.276 e. The van der Waals surface area contributed by atoms with E-state index in [0.29, 0.717) is 5.82 Å². The molecule has 0 aliphatic heterocycles. The first-order valence-corrected chi connectivity index (χ1v) is 6.65. The van der Waals surface area contributed by atoms with Crippen molar-refractivity contribution in [2.45, 2.75) is 19.8 Å². The summed E-state index contributed by atoms with van der Waals surface area (Å²) in [5, 5.41) is 2.33. The predicted molar refractivity (Wildman–Crippen MR) is 79.9 cm³/mol. The van der Waals surface area contributed by atoms with Crippen LogP contribution < -0.4 is 11.1 Å². The van der Waals surface area contributed by atoms with Crippen molar-refractivity contribution in [3.05, 3.63) is 46.8 Å². The lowest BCUT2D eigenvalue weighted by Gasteiger charge is -2.10. The Hall–Kier alpha value is -2.21. The van der Waals surface area contributed by atoms with Crippen LogP contribution in [0.1, 0.15) is 36.1 Å². The third-order valence-electron chi connectivity index (χ3n) is 2.77. The van der Waals surface area contributed by atoms with Crippen molar-refractivity contribution < 1.29 is 9.18 Å². The minimum Gasteiger partial charge on any atom is -0.396 e. The molecule has 2 rings (SSSR count). The Morgan fingerprint density at radius 2 is 2.14 bits per heavy atom. The van der Waals surface area contributed by atoms with Crippen molar-refractivity contribution in [3.63, 3.8) is 0 Å². The summed E-state index contributed by atoms with van der Waals surface area (Å²) in [7, 11) is 0. The van der Waals surface area contributed by atoms with Crippen LogP contribution in [0.2, 0.25) is 5.02 Å². The lowest BCUT2D eigenvalue weighted by molar-refractivity contribution is 0.102. The van der Waals surface area contributed by atoms with E-state index in [-0.39, 0.29) is 28.0 Å². The average molecular weight is 309 g/mol. The number of halogens is 2. The molecule has 0 unspecified atom stereocenters. The number of nitrogens with zero attached hydrogens (tertiary/aromatic N) is 2. The van der Waals surface area contributed by atoms with Crippen LogP contribution in [0.15, 0.2) is 24.4 Å². The SMILES string of the molecule is CC(C)c1ncc(N)c(C(=O)Nc2cccc(Cl)c2F)n1. The van der Waals surface area contributed by atoms with Crippen LogP contribution in [0.5, 0.6) is 0 Å². The van der Waals surface area contributed by atoms with Crippen molar-refractivity contribution in [2.75, 3.05) is 11.1 Å². The number of carbonyl (C=O) groups is 1. The van der Waals surface area contributed by atoms with Crippen molar-refractivity contribution in [1.82, 2.24) is 9.97 Å². The molecule has 1 heterocycles. The number of rotatable bonds is 3. The first-order chi connectivity index (χ1) is 9.90. The lowest BCUT2D eigenvalue weighted by Crippen LogP contribution is -2.18. The number of amides is 1. The van der Waals surface area contributed by atoms with E-state index in [2.05, 4.69) is 15.3 Å². The molecule has 0 radical (unpaired) electrons. The molecule has 0 aliphatic rings. The molecule has 1 aromatic carbocycles. The lowest BCUT2D eigenvalue weighted by atomic mass is 10.2. The van der Waals surface area contributed by atoms with Crippen LogP contribution in [0.25, 0.3) is 0 Å². The maximum Gasteiger partial charge on any atom is 0.276 e. The molecule has 5 nitrogen and oxygen atoms in total. The summed E-state index contributed by atoms with van der Waals surface area (Å²) in [6.45, 7) is 3.79. The van der Waals surface area contributed by atoms with Gasteiger partial charge in [-0.1, -0.05) is 31.5 Å². The molecule has 0 spiro atoms. The topological polar surface area (TPSA) is 80.9 Å². The minimum absolute atomic E-state index is 0.00748. The highest BCUT2D eigenvalue weighted by molar-refractivity contribution is 6.31. The van der Waals surface area contributed by atoms with Crippen LogP contribution in [-0.2, 0) is 0 Å². The number of anilines is 2. The van der Waals surface area contributed by atoms with E-state index in [4.69, 9.17) is 17.3 Å². The highest BCUT2D eigenvalue weighted by atomic mass is 35.5. The number of nitrogens with two attached hydrogens (primary N) is 1. The molecular formula is C14H14ClFN4O. The van der Waals surface area contributed by atoms with Gasteiger partial charge in [0.25, 0.3) is 5.91 Å². The maximum absolute atomic E-state index is 13.8. The van der Waals surface area contributed by atoms with Crippen LogP contribution in [0, 0.1) is 5.82 Å². The molecule has 0 atom stereocenters. The second-order valence-corrected chi connectivity index (χ2v) is 5.15. The maximum atomic E-state index is 13.8. The van der Waals surface area contributed by atoms with Crippen molar-refractivity contribution >= 4 is 28.9 Å². The fourth-order valence-corrected chi connectivity index (χ4v) is 1.82. The number of hydrogen-bond acceptors (Lipinski definition) is 4. The molecule has 0 aliphatic carbocycles. The second kappa shape index (κ2) is 6.05. The number of nitrogen functional groups attached to an aromatic ring is 1. The van der Waals surface area contributed by atoms with Crippen LogP contribution in [0.3, 0.4) is 0 Å². The third-order valence-corrected chi connectivity index (χ3v) is 3.06. The first-order valence-electron chi connectivity index (χ1n) is 6.28. The van der Waals surface area contributed by atoms with E-state index in [1.165, 1.54) is 24.4 Å². The summed E-state index contributed by atoms with van der Waals surface area (Å²) in [4.78, 5) is 20.3. The Labute approximate surface area is 126 Å². The number of nitrogens with one attached hydrogen (secondary N) is 1. The number of benzene rings is 1. The monoisotopic (exact) mass is 308 g/mol. The molecule has 1 aromatic heterocycles. The molecule has 21 heavy (non-hydrogen) atoms. The molecule has 3 N–H and O–H groups in total. The number of aromatic nitrogens is 2. The summed E-state index contributed by atoms with van der Waals surface area (Å²) in [5.41, 5.74) is 5.81. The van der Waals surface area contributed by atoms with Gasteiger partial charge in [-0.05, 0) is 12.1 Å². The quantitative estimate of drug-likeness (QED) is 0.912. The third kappa shape index (κ3) is 3.28. The van der Waals surface area contributed by atoms with Gasteiger partial charge in [0, 0.05) is 5.92 Å². The Bertz CT molecular complexity index is 691. The molecule has 1 amide bonds. The van der Waals surface area contributed by atoms with E-state index in [1.54, 1.807) is 0 Å². The zero-order chi connectivity index (χ0) is 15.6. The van der Waals surface area contributed by atoms with E-state index < -0.39 is 11.7 Å². The van der Waals surface area contributed by atoms with Gasteiger partial charge >= 0.3 is 0 Å². The summed E-state index contributed by atoms with van der Waals surface area (Å²) in [6.07, 6.45) is 1.37. The summed E-state index contributed by atoms with van der Waals surface area (Å²) >= 11 is 5.66. The highest BCUT2D eigenvalue weighted by Gasteiger charge is 2.17. The van der Waals surface area contributed by atoms with Crippen LogP contribution in [0.4, 0.5) is 15.8 Å². The van der Waals surface area contributed by atoms with Gasteiger partial charge in [-0.2, -0.15) is 0 Å². The van der Waals surface area contributed by atoms with E-state index in [0.717, 1.165) is 0 Å². The standard InChI is InChI=1S/C14H14ClFN4O/c1-7(2)13-18-6-9(17)12(20-13)14(21)19-10-5-3-4-8(15)11(10)16/h3-7H,17H2,1-2H3,(H,19,21). The molecule has 0 saturated carbocycles. The van der Waals surface area contributed by atoms with Gasteiger partial charge in [0.2, 0.25) is 0 Å². The van der Waals surface area contributed by atoms with Gasteiger partial charge in [0.1, 0.15) is 5.82 Å². The zero-order valence-electron chi connectivity index (χ0n) is 11.5. The fourth-order valence-electron chi connectivity index (χ4n) is 1.65. The van der Waals surface area contributed by atoms with Gasteiger partial charge in [0.15, 0.2) is 11.5 Å². The first kappa shape index (κ1) is 15.2. The second-order valence-electron chi connectivity index (χ2n) is 4.74. The Morgan fingerprint density at radius 1 is 1.43 bits per heavy atom. The van der Waals surface area contributed by atoms with E-state index >= 15 is 0 Å². The van der Waals surface area contributed by atoms with Gasteiger partial charge in [-0.15, -0.1) is 0 Å².